The fourth-order valence-electron chi connectivity index (χ4n) is 2.96. The Morgan fingerprint density at radius 3 is 2.75 bits per heavy atom. The van der Waals surface area contributed by atoms with Gasteiger partial charge in [-0.15, -0.1) is 6.58 Å². The van der Waals surface area contributed by atoms with Crippen LogP contribution in [0.25, 0.3) is 11.2 Å². The number of nitrogens with one attached hydrogen (secondary N) is 2. The highest BCUT2D eigenvalue weighted by Gasteiger charge is 2.43. The molecule has 5 atom stereocenters. The van der Waals surface area contributed by atoms with Crippen LogP contribution in [0.15, 0.2) is 23.8 Å². The van der Waals surface area contributed by atoms with Crippen molar-refractivity contribution in [3.8, 4) is 0 Å². The normalized spacial score (nSPS) is 24.8. The van der Waals surface area contributed by atoms with Crippen LogP contribution in [-0.2, 0) is 32.0 Å². The van der Waals surface area contributed by atoms with E-state index in [0.717, 1.165) is 14.2 Å². The van der Waals surface area contributed by atoms with E-state index in [1.54, 1.807) is 6.08 Å². The summed E-state index contributed by atoms with van der Waals surface area (Å²) in [4.78, 5) is 42.4. The van der Waals surface area contributed by atoms with Gasteiger partial charge in [0.05, 0.1) is 12.9 Å². The zero-order valence-electron chi connectivity index (χ0n) is 17.1. The first kappa shape index (κ1) is 24.7. The molecule has 17 heteroatoms. The van der Waals surface area contributed by atoms with Gasteiger partial charge in [0.15, 0.2) is 11.2 Å². The molecule has 32 heavy (non-hydrogen) atoms. The first-order valence-corrected chi connectivity index (χ1v) is 12.1. The van der Waals surface area contributed by atoms with Gasteiger partial charge in [-0.25, -0.2) is 14.1 Å². The zero-order valence-corrected chi connectivity index (χ0v) is 18.9. The first-order valence-electron chi connectivity index (χ1n) is 9.16. The fourth-order valence-corrected chi connectivity index (χ4v) is 4.05. The Bertz CT molecular complexity index is 1120. The van der Waals surface area contributed by atoms with E-state index in [0.29, 0.717) is 6.54 Å². The number of anilines is 1. The Kier molecular flexibility index (Phi) is 7.65. The number of aromatic amines is 1. The second-order valence-electron chi connectivity index (χ2n) is 6.51. The number of ether oxygens (including phenoxy) is 1. The standard InChI is InChI=1S/C15H23N5O10P2/c1-4-5-16-15-18-13-12(14(21)19-15)17-8-20(13)11-6-9(30-32(24,25)27-3)10(29-11)7-28-31(22,23)26-2/h4,8-11H,1,5-7H2,2-3H3,(H,22,23)(H,24,25)(H2,16,18,19,21)/t9?,10-,11-/m1/s1. The maximum Gasteiger partial charge on any atom is 0.472 e. The van der Waals surface area contributed by atoms with Gasteiger partial charge in [-0.05, 0) is 0 Å². The monoisotopic (exact) mass is 495 g/mol. The number of phosphoric ester groups is 2. The van der Waals surface area contributed by atoms with Crippen LogP contribution in [0.4, 0.5) is 5.95 Å². The Morgan fingerprint density at radius 1 is 1.38 bits per heavy atom. The molecule has 0 bridgehead atoms. The van der Waals surface area contributed by atoms with Crippen molar-refractivity contribution < 1.29 is 41.7 Å². The maximum atomic E-state index is 12.3. The van der Waals surface area contributed by atoms with Crippen molar-refractivity contribution in [3.63, 3.8) is 0 Å². The van der Waals surface area contributed by atoms with Crippen molar-refractivity contribution in [3.05, 3.63) is 29.3 Å². The highest BCUT2D eigenvalue weighted by Crippen LogP contribution is 2.49. The van der Waals surface area contributed by atoms with Crippen molar-refractivity contribution in [2.45, 2.75) is 24.9 Å². The van der Waals surface area contributed by atoms with Crippen molar-refractivity contribution in [2.24, 2.45) is 0 Å². The average Bonchev–Trinajstić information content (AvgIpc) is 3.34. The van der Waals surface area contributed by atoms with E-state index < -0.39 is 46.2 Å². The zero-order chi connectivity index (χ0) is 23.5. The van der Waals surface area contributed by atoms with Gasteiger partial charge >= 0.3 is 15.6 Å². The Balaban J connectivity index is 1.90. The predicted molar refractivity (Wildman–Crippen MR) is 110 cm³/mol. The minimum atomic E-state index is -4.42. The van der Waals surface area contributed by atoms with Crippen molar-refractivity contribution in [2.75, 3.05) is 32.7 Å². The molecule has 2 aromatic rings. The molecular weight excluding hydrogens is 472 g/mol. The number of aromatic nitrogens is 4. The van der Waals surface area contributed by atoms with Crippen LogP contribution in [0.3, 0.4) is 0 Å². The van der Waals surface area contributed by atoms with E-state index in [9.17, 15) is 23.7 Å². The number of phosphoric acid groups is 2. The van der Waals surface area contributed by atoms with Crippen LogP contribution in [0.5, 0.6) is 0 Å². The summed E-state index contributed by atoms with van der Waals surface area (Å²) in [6, 6.07) is 0. The summed E-state index contributed by atoms with van der Waals surface area (Å²) in [5.41, 5.74) is -0.278. The van der Waals surface area contributed by atoms with Gasteiger partial charge in [0.2, 0.25) is 5.95 Å². The van der Waals surface area contributed by atoms with E-state index >= 15 is 0 Å². The third-order valence-electron chi connectivity index (χ3n) is 4.47. The smallest absolute Gasteiger partial charge is 0.352 e. The predicted octanol–water partition coefficient (Wildman–Crippen LogP) is 0.900. The molecule has 3 heterocycles. The number of H-pyrrole nitrogens is 1. The molecule has 1 aliphatic rings. The number of nitrogens with zero attached hydrogens (tertiary/aromatic N) is 3. The fraction of sp³-hybridized carbons (Fsp3) is 0.533. The van der Waals surface area contributed by atoms with Gasteiger partial charge in [-0.2, -0.15) is 4.98 Å². The van der Waals surface area contributed by atoms with Crippen molar-refractivity contribution in [1.82, 2.24) is 19.5 Å². The van der Waals surface area contributed by atoms with Crippen LogP contribution >= 0.6 is 15.6 Å². The summed E-state index contributed by atoms with van der Waals surface area (Å²) in [6.07, 6.45) is -0.125. The summed E-state index contributed by atoms with van der Waals surface area (Å²) in [6.45, 7) is 3.43. The topological polar surface area (TPSA) is 196 Å². The molecule has 1 fully saturated rings. The van der Waals surface area contributed by atoms with Crippen molar-refractivity contribution >= 4 is 32.8 Å². The molecule has 3 rings (SSSR count). The molecule has 2 aromatic heterocycles. The molecular formula is C15H23N5O10P2. The molecule has 15 nitrogen and oxygen atoms in total. The van der Waals surface area contributed by atoms with Gasteiger partial charge in [0, 0.05) is 27.2 Å². The van der Waals surface area contributed by atoms with E-state index in [1.807, 2.05) is 0 Å². The SMILES string of the molecule is C=CCNc1nc2c(ncn2[C@H]2CC(OP(=O)(O)OC)[C@@H](COP(=O)(O)OC)O2)c(=O)[nH]1. The number of hydrogen-bond acceptors (Lipinski definition) is 11. The largest absolute Gasteiger partial charge is 0.472 e. The maximum absolute atomic E-state index is 12.3. The van der Waals surface area contributed by atoms with Crippen LogP contribution in [0, 0.1) is 0 Å². The molecule has 3 unspecified atom stereocenters. The molecule has 0 aliphatic carbocycles. The quantitative estimate of drug-likeness (QED) is 0.254. The first-order chi connectivity index (χ1) is 15.1. The third-order valence-corrected chi connectivity index (χ3v) is 6.40. The lowest BCUT2D eigenvalue weighted by Gasteiger charge is -2.21. The summed E-state index contributed by atoms with van der Waals surface area (Å²) < 4.78 is 49.6. The minimum Gasteiger partial charge on any atom is -0.352 e. The Labute approximate surface area is 181 Å². The molecule has 0 amide bonds. The highest BCUT2D eigenvalue weighted by molar-refractivity contribution is 7.47. The second kappa shape index (κ2) is 9.91. The second-order valence-corrected chi connectivity index (χ2v) is 9.59. The lowest BCUT2D eigenvalue weighted by Crippen LogP contribution is -2.28. The van der Waals surface area contributed by atoms with E-state index in [1.165, 1.54) is 10.9 Å². The summed E-state index contributed by atoms with van der Waals surface area (Å²) in [5.74, 6) is 0.176. The molecule has 1 saturated heterocycles. The number of fused-ring (bicyclic) bond motifs is 1. The molecule has 0 aromatic carbocycles. The highest BCUT2D eigenvalue weighted by atomic mass is 31.2. The van der Waals surface area contributed by atoms with Crippen molar-refractivity contribution in [1.29, 1.82) is 0 Å². The van der Waals surface area contributed by atoms with Crippen LogP contribution in [-0.4, -0.2) is 68.9 Å². The van der Waals surface area contributed by atoms with Crippen LogP contribution < -0.4 is 10.9 Å². The lowest BCUT2D eigenvalue weighted by molar-refractivity contribution is -0.0430. The molecule has 0 radical (unpaired) electrons. The van der Waals surface area contributed by atoms with E-state index in [4.69, 9.17) is 13.8 Å². The summed E-state index contributed by atoms with van der Waals surface area (Å²) in [5, 5.41) is 2.86. The van der Waals surface area contributed by atoms with Gasteiger partial charge in [-0.3, -0.25) is 32.4 Å². The van der Waals surface area contributed by atoms with Crippen LogP contribution in [0.1, 0.15) is 12.6 Å². The number of hydrogen-bond donors (Lipinski definition) is 4. The minimum absolute atomic E-state index is 0.0139. The van der Waals surface area contributed by atoms with Crippen LogP contribution in [0.2, 0.25) is 0 Å². The number of rotatable bonds is 11. The summed E-state index contributed by atoms with van der Waals surface area (Å²) >= 11 is 0. The summed E-state index contributed by atoms with van der Waals surface area (Å²) in [7, 11) is -6.79. The molecule has 0 saturated carbocycles. The van der Waals surface area contributed by atoms with Gasteiger partial charge in [-0.1, -0.05) is 6.08 Å². The molecule has 178 valence electrons. The van der Waals surface area contributed by atoms with Gasteiger partial charge in [0.25, 0.3) is 5.56 Å². The third kappa shape index (κ3) is 5.70. The Morgan fingerprint density at radius 2 is 2.09 bits per heavy atom. The number of imidazole rings is 1. The van der Waals surface area contributed by atoms with Gasteiger partial charge in [0.1, 0.15) is 18.4 Å². The molecule has 1 aliphatic heterocycles. The van der Waals surface area contributed by atoms with E-state index in [2.05, 4.69) is 35.9 Å². The average molecular weight is 495 g/mol. The van der Waals surface area contributed by atoms with Gasteiger partial charge < -0.3 is 19.8 Å². The molecule has 4 N–H and O–H groups in total. The lowest BCUT2D eigenvalue weighted by atomic mass is 10.2. The molecule has 0 spiro atoms. The van der Waals surface area contributed by atoms with E-state index in [-0.39, 0.29) is 23.5 Å². The Hall–Kier alpha value is -1.93.